The van der Waals surface area contributed by atoms with E-state index in [4.69, 9.17) is 5.73 Å². The first-order chi connectivity index (χ1) is 10.2. The smallest absolute Gasteiger partial charge is 0.115 e. The van der Waals surface area contributed by atoms with Gasteiger partial charge in [-0.2, -0.15) is 0 Å². The molecule has 0 spiro atoms. The van der Waals surface area contributed by atoms with Crippen molar-refractivity contribution in [3.63, 3.8) is 0 Å². The van der Waals surface area contributed by atoms with Gasteiger partial charge in [0.1, 0.15) is 5.75 Å². The van der Waals surface area contributed by atoms with E-state index in [-0.39, 0.29) is 5.41 Å². The number of nitrogens with two attached hydrogens (primary N) is 1. The number of benzene rings is 1. The molecule has 0 aliphatic heterocycles. The maximum absolute atomic E-state index is 9.58. The zero-order valence-electron chi connectivity index (χ0n) is 12.4. The Balaban J connectivity index is 2.05. The Bertz CT molecular complexity index is 586. The van der Waals surface area contributed by atoms with Crippen LogP contribution in [-0.4, -0.2) is 5.11 Å². The molecule has 0 aromatic heterocycles. The van der Waals surface area contributed by atoms with Crippen molar-refractivity contribution in [3.8, 4) is 5.75 Å². The van der Waals surface area contributed by atoms with E-state index in [0.29, 0.717) is 5.75 Å². The van der Waals surface area contributed by atoms with Gasteiger partial charge in [0.2, 0.25) is 0 Å². The molecule has 0 amide bonds. The van der Waals surface area contributed by atoms with Crippen LogP contribution in [0.5, 0.6) is 5.75 Å². The summed E-state index contributed by atoms with van der Waals surface area (Å²) in [5.41, 5.74) is 9.63. The Kier molecular flexibility index (Phi) is 3.87. The van der Waals surface area contributed by atoms with Crippen molar-refractivity contribution in [2.24, 2.45) is 5.73 Å². The van der Waals surface area contributed by atoms with Crippen molar-refractivity contribution in [2.45, 2.75) is 43.9 Å². The van der Waals surface area contributed by atoms with Gasteiger partial charge >= 0.3 is 0 Å². The van der Waals surface area contributed by atoms with E-state index in [1.54, 1.807) is 0 Å². The van der Waals surface area contributed by atoms with Crippen molar-refractivity contribution < 1.29 is 5.11 Å². The van der Waals surface area contributed by atoms with Gasteiger partial charge in [-0.25, -0.2) is 0 Å². The molecule has 0 saturated heterocycles. The average Bonchev–Trinajstić information content (AvgIpc) is 2.74. The number of phenolic OH excluding ortho intramolecular Hbond substituents is 1. The highest BCUT2D eigenvalue weighted by molar-refractivity contribution is 5.43. The molecular weight excluding hydrogens is 258 g/mol. The molecule has 1 aromatic rings. The van der Waals surface area contributed by atoms with E-state index >= 15 is 0 Å². The van der Waals surface area contributed by atoms with Gasteiger partial charge in [0.25, 0.3) is 0 Å². The molecule has 110 valence electrons. The van der Waals surface area contributed by atoms with Gasteiger partial charge in [-0.1, -0.05) is 49.1 Å². The summed E-state index contributed by atoms with van der Waals surface area (Å²) in [6.45, 7) is 0. The Hall–Kier alpha value is -1.96. The number of phenols is 1. The maximum Gasteiger partial charge on any atom is 0.115 e. The maximum atomic E-state index is 9.58. The topological polar surface area (TPSA) is 46.2 Å². The molecule has 0 heterocycles. The lowest BCUT2D eigenvalue weighted by Gasteiger charge is -2.40. The van der Waals surface area contributed by atoms with Crippen LogP contribution >= 0.6 is 0 Å². The number of hydrogen-bond donors (Lipinski definition) is 2. The summed E-state index contributed by atoms with van der Waals surface area (Å²) in [6, 6.07) is 7.79. The molecule has 2 nitrogen and oxygen atoms in total. The summed E-state index contributed by atoms with van der Waals surface area (Å²) < 4.78 is 0. The number of rotatable bonds is 2. The SMILES string of the molecule is NC1=CC=C(C2(c3ccc(O)cc3)CCCCC2)CC=C1. The average molecular weight is 281 g/mol. The van der Waals surface area contributed by atoms with Gasteiger partial charge < -0.3 is 10.8 Å². The lowest BCUT2D eigenvalue weighted by molar-refractivity contribution is 0.335. The summed E-state index contributed by atoms with van der Waals surface area (Å²) in [6.07, 6.45) is 15.6. The van der Waals surface area contributed by atoms with Gasteiger partial charge in [0.05, 0.1) is 0 Å². The highest BCUT2D eigenvalue weighted by Gasteiger charge is 2.36. The van der Waals surface area contributed by atoms with Crippen molar-refractivity contribution >= 4 is 0 Å². The van der Waals surface area contributed by atoms with Crippen LogP contribution < -0.4 is 5.73 Å². The fourth-order valence-electron chi connectivity index (χ4n) is 3.73. The van der Waals surface area contributed by atoms with Crippen LogP contribution in [0, 0.1) is 0 Å². The van der Waals surface area contributed by atoms with Crippen LogP contribution in [0.1, 0.15) is 44.1 Å². The summed E-state index contributed by atoms with van der Waals surface area (Å²) in [5.74, 6) is 0.337. The van der Waals surface area contributed by atoms with Crippen LogP contribution in [0.4, 0.5) is 0 Å². The Labute approximate surface area is 126 Å². The summed E-state index contributed by atoms with van der Waals surface area (Å²) in [5, 5.41) is 9.58. The molecule has 0 unspecified atom stereocenters. The molecule has 0 atom stereocenters. The van der Waals surface area contributed by atoms with E-state index in [0.717, 1.165) is 12.1 Å². The Morgan fingerprint density at radius 1 is 0.952 bits per heavy atom. The molecule has 1 aromatic carbocycles. The first-order valence-corrected chi connectivity index (χ1v) is 7.84. The standard InChI is InChI=1S/C19H23NO/c20-17-6-4-5-15(7-10-17)19(13-2-1-3-14-19)16-8-11-18(21)12-9-16/h4,6-12,21H,1-3,5,13-14,20H2. The molecule has 2 aliphatic rings. The highest BCUT2D eigenvalue weighted by Crippen LogP contribution is 2.47. The third-order valence-electron chi connectivity index (χ3n) is 4.87. The molecule has 0 radical (unpaired) electrons. The predicted octanol–water partition coefficient (Wildman–Crippen LogP) is 4.32. The molecule has 3 N–H and O–H groups in total. The molecule has 1 saturated carbocycles. The lowest BCUT2D eigenvalue weighted by Crippen LogP contribution is -2.31. The van der Waals surface area contributed by atoms with Crippen molar-refractivity contribution in [1.29, 1.82) is 0 Å². The number of aromatic hydroxyl groups is 1. The quantitative estimate of drug-likeness (QED) is 0.848. The van der Waals surface area contributed by atoms with Gasteiger partial charge in [-0.3, -0.25) is 0 Å². The lowest BCUT2D eigenvalue weighted by atomic mass is 9.64. The van der Waals surface area contributed by atoms with Crippen molar-refractivity contribution in [2.75, 3.05) is 0 Å². The largest absolute Gasteiger partial charge is 0.508 e. The third-order valence-corrected chi connectivity index (χ3v) is 4.87. The van der Waals surface area contributed by atoms with E-state index in [1.807, 2.05) is 24.3 Å². The molecule has 1 fully saturated rings. The zero-order chi connectivity index (χ0) is 14.7. The van der Waals surface area contributed by atoms with Crippen molar-refractivity contribution in [3.05, 3.63) is 65.4 Å². The fourth-order valence-corrected chi connectivity index (χ4v) is 3.73. The Morgan fingerprint density at radius 2 is 1.67 bits per heavy atom. The first kappa shape index (κ1) is 14.0. The van der Waals surface area contributed by atoms with Crippen LogP contribution in [0.15, 0.2) is 59.8 Å². The predicted molar refractivity (Wildman–Crippen MR) is 87.0 cm³/mol. The molecule has 2 aliphatic carbocycles. The Morgan fingerprint density at radius 3 is 2.38 bits per heavy atom. The minimum Gasteiger partial charge on any atom is -0.508 e. The van der Waals surface area contributed by atoms with Gasteiger partial charge in [-0.05, 0) is 49.1 Å². The van der Waals surface area contributed by atoms with Gasteiger partial charge in [0.15, 0.2) is 0 Å². The second kappa shape index (κ2) is 5.80. The second-order valence-corrected chi connectivity index (χ2v) is 6.15. The molecule has 2 heteroatoms. The zero-order valence-corrected chi connectivity index (χ0v) is 12.4. The summed E-state index contributed by atoms with van der Waals surface area (Å²) in [7, 11) is 0. The minimum absolute atomic E-state index is 0.109. The van der Waals surface area contributed by atoms with E-state index in [2.05, 4.69) is 24.3 Å². The van der Waals surface area contributed by atoms with Crippen LogP contribution in [-0.2, 0) is 5.41 Å². The molecular formula is C19H23NO. The monoisotopic (exact) mass is 281 g/mol. The first-order valence-electron chi connectivity index (χ1n) is 7.84. The number of hydrogen-bond acceptors (Lipinski definition) is 2. The van der Waals surface area contributed by atoms with E-state index in [9.17, 15) is 5.11 Å². The second-order valence-electron chi connectivity index (χ2n) is 6.15. The van der Waals surface area contributed by atoms with E-state index in [1.165, 1.54) is 43.2 Å². The van der Waals surface area contributed by atoms with Gasteiger partial charge in [-0.15, -0.1) is 0 Å². The third kappa shape index (κ3) is 2.76. The van der Waals surface area contributed by atoms with Crippen LogP contribution in [0.25, 0.3) is 0 Å². The van der Waals surface area contributed by atoms with Crippen molar-refractivity contribution in [1.82, 2.24) is 0 Å². The van der Waals surface area contributed by atoms with Crippen LogP contribution in [0.3, 0.4) is 0 Å². The molecule has 21 heavy (non-hydrogen) atoms. The molecule has 0 bridgehead atoms. The molecule has 3 rings (SSSR count). The highest BCUT2D eigenvalue weighted by atomic mass is 16.3. The number of allylic oxidation sites excluding steroid dienone is 5. The summed E-state index contributed by atoms with van der Waals surface area (Å²) in [4.78, 5) is 0. The van der Waals surface area contributed by atoms with E-state index < -0.39 is 0 Å². The van der Waals surface area contributed by atoms with Crippen LogP contribution in [0.2, 0.25) is 0 Å². The summed E-state index contributed by atoms with van der Waals surface area (Å²) >= 11 is 0. The normalized spacial score (nSPS) is 21.3. The van der Waals surface area contributed by atoms with Gasteiger partial charge in [0, 0.05) is 11.1 Å². The minimum atomic E-state index is 0.109. The fraction of sp³-hybridized carbons (Fsp3) is 0.368.